The summed E-state index contributed by atoms with van der Waals surface area (Å²) in [5.74, 6) is -0.0637. The lowest BCUT2D eigenvalue weighted by atomic mass is 10.1. The third-order valence-electron chi connectivity index (χ3n) is 2.08. The quantitative estimate of drug-likeness (QED) is 0.534. The van der Waals surface area contributed by atoms with E-state index in [0.29, 0.717) is 0 Å². The Hall–Kier alpha value is -1.56. The molecule has 0 bridgehead atoms. The average molecular weight is 284 g/mol. The average Bonchev–Trinajstić information content (AvgIpc) is 2.11. The molecule has 0 saturated heterocycles. The number of rotatable bonds is 1. The van der Waals surface area contributed by atoms with Gasteiger partial charge in [0, 0.05) is 4.47 Å². The molecule has 1 aromatic rings. The Labute approximate surface area is 103 Å². The van der Waals surface area contributed by atoms with Crippen molar-refractivity contribution in [1.82, 2.24) is 0 Å². The van der Waals surface area contributed by atoms with E-state index in [1.165, 1.54) is 0 Å². The molecule has 0 atom stereocenters. The molecule has 0 aliphatic carbocycles. The maximum Gasteiger partial charge on any atom is 0.223 e. The topological polar surface area (TPSA) is 103 Å². The molecule has 5 nitrogen and oxygen atoms in total. The molecule has 86 valence electrons. The van der Waals surface area contributed by atoms with Crippen LogP contribution in [0.3, 0.4) is 0 Å². The van der Waals surface area contributed by atoms with Crippen molar-refractivity contribution >= 4 is 33.5 Å². The second-order valence-corrected chi connectivity index (χ2v) is 4.29. The third-order valence-corrected chi connectivity index (χ3v) is 2.54. The van der Waals surface area contributed by atoms with Gasteiger partial charge in [0.15, 0.2) is 5.96 Å². The van der Waals surface area contributed by atoms with Gasteiger partial charge in [-0.1, -0.05) is 15.9 Å². The van der Waals surface area contributed by atoms with Crippen molar-refractivity contribution in [3.63, 3.8) is 0 Å². The van der Waals surface area contributed by atoms with E-state index in [-0.39, 0.29) is 11.9 Å². The molecular formula is C10H14BrN5. The van der Waals surface area contributed by atoms with E-state index in [2.05, 4.69) is 25.9 Å². The van der Waals surface area contributed by atoms with Crippen LogP contribution in [0.5, 0.6) is 0 Å². The minimum absolute atomic E-state index is 0.0422. The molecule has 0 amide bonds. The fraction of sp³-hybridized carbons (Fsp3) is 0.200. The number of aryl methyl sites for hydroxylation is 1. The number of hydrogen-bond acceptors (Lipinski definition) is 1. The number of halogens is 1. The molecule has 0 aliphatic heterocycles. The maximum absolute atomic E-state index is 5.56. The SMILES string of the molecule is Cc1cc(Br)cc(N=C(N)N=C(N)N)c1C. The number of hydrogen-bond donors (Lipinski definition) is 3. The monoisotopic (exact) mass is 283 g/mol. The Morgan fingerprint density at radius 2 is 1.81 bits per heavy atom. The normalized spacial score (nSPS) is 11.3. The summed E-state index contributed by atoms with van der Waals surface area (Å²) in [5.41, 5.74) is 18.9. The van der Waals surface area contributed by atoms with Crippen LogP contribution < -0.4 is 17.2 Å². The summed E-state index contributed by atoms with van der Waals surface area (Å²) in [7, 11) is 0. The molecule has 0 aliphatic rings. The van der Waals surface area contributed by atoms with E-state index in [4.69, 9.17) is 17.2 Å². The van der Waals surface area contributed by atoms with E-state index < -0.39 is 0 Å². The van der Waals surface area contributed by atoms with E-state index >= 15 is 0 Å². The third kappa shape index (κ3) is 3.23. The molecule has 1 aromatic carbocycles. The molecule has 0 aromatic heterocycles. The number of aliphatic imine (C=N–C) groups is 2. The Kier molecular flexibility index (Phi) is 3.89. The molecule has 0 unspecified atom stereocenters. The van der Waals surface area contributed by atoms with Crippen molar-refractivity contribution in [3.05, 3.63) is 27.7 Å². The predicted octanol–water partition coefficient (Wildman–Crippen LogP) is 1.29. The largest absolute Gasteiger partial charge is 0.370 e. The molecular weight excluding hydrogens is 270 g/mol. The molecule has 0 spiro atoms. The van der Waals surface area contributed by atoms with Crippen LogP contribution >= 0.6 is 15.9 Å². The zero-order valence-electron chi connectivity index (χ0n) is 9.16. The van der Waals surface area contributed by atoms with Gasteiger partial charge < -0.3 is 17.2 Å². The Balaban J connectivity index is 3.20. The van der Waals surface area contributed by atoms with Crippen LogP contribution in [-0.2, 0) is 0 Å². The summed E-state index contributed by atoms with van der Waals surface area (Å²) < 4.78 is 0.937. The number of guanidine groups is 2. The van der Waals surface area contributed by atoms with Gasteiger partial charge in [0.25, 0.3) is 0 Å². The molecule has 16 heavy (non-hydrogen) atoms. The first-order valence-corrected chi connectivity index (χ1v) is 5.40. The lowest BCUT2D eigenvalue weighted by Crippen LogP contribution is -2.26. The van der Waals surface area contributed by atoms with Crippen LogP contribution in [0.15, 0.2) is 26.6 Å². The van der Waals surface area contributed by atoms with Crippen molar-refractivity contribution in [1.29, 1.82) is 0 Å². The highest BCUT2D eigenvalue weighted by atomic mass is 79.9. The number of benzene rings is 1. The minimum atomic E-state index is -0.106. The predicted molar refractivity (Wildman–Crippen MR) is 70.7 cm³/mol. The van der Waals surface area contributed by atoms with Gasteiger partial charge >= 0.3 is 0 Å². The van der Waals surface area contributed by atoms with Gasteiger partial charge in [0.1, 0.15) is 0 Å². The summed E-state index contributed by atoms with van der Waals surface area (Å²) in [6.07, 6.45) is 0. The van der Waals surface area contributed by atoms with Gasteiger partial charge in [-0.15, -0.1) is 0 Å². The highest BCUT2D eigenvalue weighted by Crippen LogP contribution is 2.26. The van der Waals surface area contributed by atoms with Crippen molar-refractivity contribution in [2.75, 3.05) is 0 Å². The zero-order valence-corrected chi connectivity index (χ0v) is 10.7. The molecule has 6 N–H and O–H groups in total. The number of nitrogens with zero attached hydrogens (tertiary/aromatic N) is 2. The lowest BCUT2D eigenvalue weighted by Gasteiger charge is -2.05. The van der Waals surface area contributed by atoms with E-state index in [0.717, 1.165) is 21.3 Å². The van der Waals surface area contributed by atoms with Gasteiger partial charge in [-0.3, -0.25) is 0 Å². The minimum Gasteiger partial charge on any atom is -0.370 e. The molecule has 0 saturated carbocycles. The Morgan fingerprint density at radius 3 is 2.38 bits per heavy atom. The van der Waals surface area contributed by atoms with Crippen LogP contribution in [0.4, 0.5) is 5.69 Å². The second-order valence-electron chi connectivity index (χ2n) is 3.37. The Bertz CT molecular complexity index is 461. The molecule has 1 rings (SSSR count). The summed E-state index contributed by atoms with van der Waals surface area (Å²) in [6, 6.07) is 3.86. The van der Waals surface area contributed by atoms with Gasteiger partial charge in [0.2, 0.25) is 5.96 Å². The summed E-state index contributed by atoms with van der Waals surface area (Å²) in [6.45, 7) is 3.96. The highest BCUT2D eigenvalue weighted by Gasteiger charge is 2.03. The molecule has 0 heterocycles. The van der Waals surface area contributed by atoms with Gasteiger partial charge in [-0.2, -0.15) is 4.99 Å². The highest BCUT2D eigenvalue weighted by molar-refractivity contribution is 9.10. The van der Waals surface area contributed by atoms with E-state index in [1.54, 1.807) is 0 Å². The van der Waals surface area contributed by atoms with E-state index in [1.807, 2.05) is 26.0 Å². The fourth-order valence-electron chi connectivity index (χ4n) is 1.19. The van der Waals surface area contributed by atoms with Crippen LogP contribution in [0.1, 0.15) is 11.1 Å². The maximum atomic E-state index is 5.56. The standard InChI is InChI=1S/C10H14BrN5/c1-5-3-7(11)4-8(6(5)2)15-10(14)16-9(12)13/h3-4H,1-2H3,(H6,12,13,14,15,16). The molecule has 6 heteroatoms. The first-order valence-electron chi connectivity index (χ1n) is 4.60. The van der Waals surface area contributed by atoms with Crippen molar-refractivity contribution in [3.8, 4) is 0 Å². The van der Waals surface area contributed by atoms with E-state index in [9.17, 15) is 0 Å². The van der Waals surface area contributed by atoms with Gasteiger partial charge in [-0.05, 0) is 37.1 Å². The van der Waals surface area contributed by atoms with Crippen molar-refractivity contribution in [2.24, 2.45) is 27.2 Å². The second kappa shape index (κ2) is 4.98. The summed E-state index contributed by atoms with van der Waals surface area (Å²) in [5, 5.41) is 0. The van der Waals surface area contributed by atoms with Gasteiger partial charge in [-0.25, -0.2) is 4.99 Å². The zero-order chi connectivity index (χ0) is 12.3. The van der Waals surface area contributed by atoms with Crippen LogP contribution in [0.25, 0.3) is 0 Å². The smallest absolute Gasteiger partial charge is 0.223 e. The molecule has 0 fully saturated rings. The van der Waals surface area contributed by atoms with Crippen molar-refractivity contribution < 1.29 is 0 Å². The van der Waals surface area contributed by atoms with Gasteiger partial charge in [0.05, 0.1) is 5.69 Å². The molecule has 0 radical (unpaired) electrons. The fourth-order valence-corrected chi connectivity index (χ4v) is 1.75. The van der Waals surface area contributed by atoms with Crippen LogP contribution in [0, 0.1) is 13.8 Å². The van der Waals surface area contributed by atoms with Crippen molar-refractivity contribution in [2.45, 2.75) is 13.8 Å². The number of nitrogens with two attached hydrogens (primary N) is 3. The van der Waals surface area contributed by atoms with Crippen LogP contribution in [0.2, 0.25) is 0 Å². The summed E-state index contributed by atoms with van der Waals surface area (Å²) in [4.78, 5) is 7.80. The van der Waals surface area contributed by atoms with Crippen LogP contribution in [-0.4, -0.2) is 11.9 Å². The first kappa shape index (κ1) is 12.5. The first-order chi connectivity index (χ1) is 7.40. The Morgan fingerprint density at radius 1 is 1.19 bits per heavy atom. The lowest BCUT2D eigenvalue weighted by molar-refractivity contribution is 1.28. The summed E-state index contributed by atoms with van der Waals surface area (Å²) >= 11 is 3.39.